The molecule has 0 aliphatic heterocycles. The summed E-state index contributed by atoms with van der Waals surface area (Å²) in [4.78, 5) is 11.0. The van der Waals surface area contributed by atoms with E-state index in [0.717, 1.165) is 5.56 Å². The summed E-state index contributed by atoms with van der Waals surface area (Å²) in [6.07, 6.45) is -0.0616. The van der Waals surface area contributed by atoms with Crippen LogP contribution in [-0.2, 0) is 21.8 Å². The van der Waals surface area contributed by atoms with E-state index in [1.807, 2.05) is 6.92 Å². The second-order valence-electron chi connectivity index (χ2n) is 3.28. The number of esters is 1. The predicted octanol–water partition coefficient (Wildman–Crippen LogP) is 2.59. The van der Waals surface area contributed by atoms with Crippen molar-refractivity contribution in [2.75, 3.05) is 7.11 Å². The Labute approximate surface area is 93.0 Å². The Kier molecular flexibility index (Phi) is 4.09. The highest BCUT2D eigenvalue weighted by molar-refractivity contribution is 6.17. The molecule has 0 heterocycles. The number of aryl methyl sites for hydroxylation is 1. The molecule has 1 aromatic rings. The highest BCUT2D eigenvalue weighted by Crippen LogP contribution is 2.18. The fourth-order valence-corrected chi connectivity index (χ4v) is 1.57. The highest BCUT2D eigenvalue weighted by Gasteiger charge is 2.12. The summed E-state index contributed by atoms with van der Waals surface area (Å²) < 4.78 is 18.1. The summed E-state index contributed by atoms with van der Waals surface area (Å²) in [5.74, 6) is -0.775. The van der Waals surface area contributed by atoms with Gasteiger partial charge in [0.15, 0.2) is 0 Å². The van der Waals surface area contributed by atoms with Crippen LogP contribution in [0.15, 0.2) is 12.1 Å². The molecule has 2 nitrogen and oxygen atoms in total. The van der Waals surface area contributed by atoms with E-state index in [9.17, 15) is 9.18 Å². The lowest BCUT2D eigenvalue weighted by Gasteiger charge is -2.07. The first-order valence-corrected chi connectivity index (χ1v) is 5.02. The quantitative estimate of drug-likeness (QED) is 0.589. The zero-order chi connectivity index (χ0) is 11.4. The van der Waals surface area contributed by atoms with Crippen LogP contribution in [-0.4, -0.2) is 13.1 Å². The van der Waals surface area contributed by atoms with E-state index >= 15 is 0 Å². The van der Waals surface area contributed by atoms with Crippen molar-refractivity contribution < 1.29 is 13.9 Å². The number of carbonyl (C=O) groups is 1. The van der Waals surface area contributed by atoms with E-state index in [-0.39, 0.29) is 12.3 Å². The Morgan fingerprint density at radius 2 is 2.07 bits per heavy atom. The fourth-order valence-electron chi connectivity index (χ4n) is 1.38. The molecule has 1 aromatic carbocycles. The Balaban J connectivity index is 3.06. The largest absolute Gasteiger partial charge is 0.469 e. The van der Waals surface area contributed by atoms with Crippen LogP contribution in [0, 0.1) is 12.7 Å². The lowest BCUT2D eigenvalue weighted by molar-refractivity contribution is -0.139. The van der Waals surface area contributed by atoms with Gasteiger partial charge < -0.3 is 4.74 Å². The molecule has 1 rings (SSSR count). The number of methoxy groups -OCH3 is 1. The second kappa shape index (κ2) is 5.12. The van der Waals surface area contributed by atoms with Gasteiger partial charge in [-0.1, -0.05) is 17.7 Å². The van der Waals surface area contributed by atoms with Crippen LogP contribution in [0.25, 0.3) is 0 Å². The maximum atomic E-state index is 13.7. The van der Waals surface area contributed by atoms with Gasteiger partial charge in [-0.2, -0.15) is 0 Å². The summed E-state index contributed by atoms with van der Waals surface area (Å²) in [7, 11) is 1.28. The molecule has 0 amide bonds. The summed E-state index contributed by atoms with van der Waals surface area (Å²) in [5, 5.41) is 0. The molecule has 0 saturated heterocycles. The molecule has 0 atom stereocenters. The zero-order valence-electron chi connectivity index (χ0n) is 8.64. The number of halogens is 2. The zero-order valence-corrected chi connectivity index (χ0v) is 9.40. The third-order valence-corrected chi connectivity index (χ3v) is 2.36. The maximum Gasteiger partial charge on any atom is 0.310 e. The van der Waals surface area contributed by atoms with E-state index in [1.54, 1.807) is 12.1 Å². The van der Waals surface area contributed by atoms with Crippen LogP contribution < -0.4 is 0 Å². The van der Waals surface area contributed by atoms with E-state index in [2.05, 4.69) is 4.74 Å². The Bertz CT molecular complexity index is 377. The minimum atomic E-state index is -0.458. The van der Waals surface area contributed by atoms with Gasteiger partial charge in [0.25, 0.3) is 0 Å². The van der Waals surface area contributed by atoms with E-state index in [1.165, 1.54) is 7.11 Å². The van der Waals surface area contributed by atoms with Crippen molar-refractivity contribution in [1.82, 2.24) is 0 Å². The van der Waals surface area contributed by atoms with Crippen LogP contribution >= 0.6 is 11.6 Å². The molecular formula is C11H12ClFO2. The third-order valence-electron chi connectivity index (χ3n) is 2.07. The Morgan fingerprint density at radius 3 is 2.60 bits per heavy atom. The summed E-state index contributed by atoms with van der Waals surface area (Å²) in [6, 6.07) is 3.30. The molecule has 0 aliphatic carbocycles. The molecule has 0 fully saturated rings. The average molecular weight is 231 g/mol. The van der Waals surface area contributed by atoms with Gasteiger partial charge in [0, 0.05) is 5.56 Å². The molecule has 15 heavy (non-hydrogen) atoms. The molecule has 82 valence electrons. The van der Waals surface area contributed by atoms with Crippen molar-refractivity contribution in [3.05, 3.63) is 34.6 Å². The van der Waals surface area contributed by atoms with Gasteiger partial charge in [-0.3, -0.25) is 4.79 Å². The van der Waals surface area contributed by atoms with E-state index in [4.69, 9.17) is 11.6 Å². The lowest BCUT2D eigenvalue weighted by atomic mass is 10.0. The van der Waals surface area contributed by atoms with Crippen molar-refractivity contribution in [2.24, 2.45) is 0 Å². The number of rotatable bonds is 3. The first kappa shape index (κ1) is 12.0. The second-order valence-corrected chi connectivity index (χ2v) is 3.55. The normalized spacial score (nSPS) is 10.1. The number of benzene rings is 1. The van der Waals surface area contributed by atoms with Crippen molar-refractivity contribution >= 4 is 17.6 Å². The fraction of sp³-hybridized carbons (Fsp3) is 0.364. The topological polar surface area (TPSA) is 26.3 Å². The first-order valence-electron chi connectivity index (χ1n) is 4.49. The molecule has 0 N–H and O–H groups in total. The number of hydrogen-bond donors (Lipinski definition) is 0. The molecule has 0 bridgehead atoms. The van der Waals surface area contributed by atoms with E-state index < -0.39 is 11.8 Å². The van der Waals surface area contributed by atoms with Gasteiger partial charge in [0.2, 0.25) is 0 Å². The van der Waals surface area contributed by atoms with Crippen LogP contribution in [0.1, 0.15) is 16.7 Å². The van der Waals surface area contributed by atoms with Crippen molar-refractivity contribution in [3.63, 3.8) is 0 Å². The monoisotopic (exact) mass is 230 g/mol. The lowest BCUT2D eigenvalue weighted by Crippen LogP contribution is -2.07. The van der Waals surface area contributed by atoms with Crippen molar-refractivity contribution in [1.29, 1.82) is 0 Å². The van der Waals surface area contributed by atoms with Gasteiger partial charge in [-0.25, -0.2) is 4.39 Å². The van der Waals surface area contributed by atoms with Crippen molar-refractivity contribution in [2.45, 2.75) is 19.2 Å². The predicted molar refractivity (Wildman–Crippen MR) is 56.4 cm³/mol. The SMILES string of the molecule is COC(=O)Cc1cc(C)cc(CCl)c1F. The van der Waals surface area contributed by atoms with Gasteiger partial charge >= 0.3 is 5.97 Å². The molecule has 4 heteroatoms. The van der Waals surface area contributed by atoms with Crippen LogP contribution in [0.3, 0.4) is 0 Å². The van der Waals surface area contributed by atoms with Crippen LogP contribution in [0.5, 0.6) is 0 Å². The van der Waals surface area contributed by atoms with Crippen LogP contribution in [0.4, 0.5) is 4.39 Å². The molecule has 0 aliphatic rings. The number of hydrogen-bond acceptors (Lipinski definition) is 2. The first-order chi connectivity index (χ1) is 7.08. The third kappa shape index (κ3) is 2.93. The minimum absolute atomic E-state index is 0.0616. The number of ether oxygens (including phenoxy) is 1. The van der Waals surface area contributed by atoms with Gasteiger partial charge in [-0.15, -0.1) is 11.6 Å². The standard InChI is InChI=1S/C11H12ClFO2/c1-7-3-8(5-10(14)15-2)11(13)9(4-7)6-12/h3-4H,5-6H2,1-2H3. The summed E-state index contributed by atoms with van der Waals surface area (Å²) >= 11 is 5.59. The number of carbonyl (C=O) groups excluding carboxylic acids is 1. The molecule has 0 aromatic heterocycles. The Hall–Kier alpha value is -1.09. The minimum Gasteiger partial charge on any atom is -0.469 e. The molecule has 0 spiro atoms. The molecule has 0 unspecified atom stereocenters. The Morgan fingerprint density at radius 1 is 1.47 bits per heavy atom. The average Bonchev–Trinajstić information content (AvgIpc) is 2.22. The van der Waals surface area contributed by atoms with Gasteiger partial charge in [0.05, 0.1) is 19.4 Å². The van der Waals surface area contributed by atoms with E-state index in [0.29, 0.717) is 11.1 Å². The molecule has 0 radical (unpaired) electrons. The maximum absolute atomic E-state index is 13.7. The summed E-state index contributed by atoms with van der Waals surface area (Å²) in [5.41, 5.74) is 1.62. The smallest absolute Gasteiger partial charge is 0.310 e. The molecular weight excluding hydrogens is 219 g/mol. The van der Waals surface area contributed by atoms with Gasteiger partial charge in [0.1, 0.15) is 5.82 Å². The number of alkyl halides is 1. The summed E-state index contributed by atoms with van der Waals surface area (Å²) in [6.45, 7) is 1.83. The highest BCUT2D eigenvalue weighted by atomic mass is 35.5. The van der Waals surface area contributed by atoms with Crippen molar-refractivity contribution in [3.8, 4) is 0 Å². The van der Waals surface area contributed by atoms with Crippen LogP contribution in [0.2, 0.25) is 0 Å². The molecule has 0 saturated carbocycles. The van der Waals surface area contributed by atoms with Gasteiger partial charge in [-0.05, 0) is 12.5 Å².